The lowest BCUT2D eigenvalue weighted by atomic mass is 10.1. The van der Waals surface area contributed by atoms with E-state index in [9.17, 15) is 0 Å². The Morgan fingerprint density at radius 1 is 0.952 bits per heavy atom. The van der Waals surface area contributed by atoms with E-state index in [2.05, 4.69) is 55.6 Å². The van der Waals surface area contributed by atoms with E-state index in [-0.39, 0.29) is 12.1 Å². The van der Waals surface area contributed by atoms with Crippen molar-refractivity contribution in [2.45, 2.75) is 46.3 Å². The summed E-state index contributed by atoms with van der Waals surface area (Å²) in [4.78, 5) is 0. The third-order valence-electron chi connectivity index (χ3n) is 3.52. The van der Waals surface area contributed by atoms with Crippen LogP contribution in [0.15, 0.2) is 48.5 Å². The molecule has 2 aromatic rings. The summed E-state index contributed by atoms with van der Waals surface area (Å²) in [5.74, 6) is 0.926. The molecule has 0 amide bonds. The Kier molecular flexibility index (Phi) is 5.26. The SMILES string of the molecule is CCc1ccccc1NC(C)c1ccc(OC(C)C)cc1. The molecule has 1 atom stereocenters. The predicted octanol–water partition coefficient (Wildman–Crippen LogP) is 5.21. The molecule has 0 fully saturated rings. The van der Waals surface area contributed by atoms with Crippen molar-refractivity contribution in [2.75, 3.05) is 5.32 Å². The van der Waals surface area contributed by atoms with E-state index in [4.69, 9.17) is 4.74 Å². The van der Waals surface area contributed by atoms with Gasteiger partial charge in [0.1, 0.15) is 5.75 Å². The summed E-state index contributed by atoms with van der Waals surface area (Å²) in [6.07, 6.45) is 1.25. The van der Waals surface area contributed by atoms with Gasteiger partial charge in [0.05, 0.1) is 6.10 Å². The number of ether oxygens (including phenoxy) is 1. The van der Waals surface area contributed by atoms with Gasteiger partial charge < -0.3 is 10.1 Å². The Hall–Kier alpha value is -1.96. The summed E-state index contributed by atoms with van der Waals surface area (Å²) in [6, 6.07) is 17.1. The van der Waals surface area contributed by atoms with Gasteiger partial charge in [0.25, 0.3) is 0 Å². The molecule has 0 aliphatic rings. The van der Waals surface area contributed by atoms with Crippen LogP contribution in [0.4, 0.5) is 5.69 Å². The molecule has 0 saturated heterocycles. The minimum absolute atomic E-state index is 0.211. The molecular formula is C19H25NO. The highest BCUT2D eigenvalue weighted by Gasteiger charge is 2.08. The van der Waals surface area contributed by atoms with E-state index >= 15 is 0 Å². The molecule has 2 heteroatoms. The van der Waals surface area contributed by atoms with E-state index in [1.54, 1.807) is 0 Å². The zero-order valence-corrected chi connectivity index (χ0v) is 13.4. The second kappa shape index (κ2) is 7.16. The second-order valence-corrected chi connectivity index (χ2v) is 5.61. The van der Waals surface area contributed by atoms with Crippen LogP contribution in [-0.2, 0) is 6.42 Å². The molecule has 0 bridgehead atoms. The monoisotopic (exact) mass is 283 g/mol. The fourth-order valence-electron chi connectivity index (χ4n) is 2.39. The Morgan fingerprint density at radius 3 is 2.24 bits per heavy atom. The van der Waals surface area contributed by atoms with Crippen molar-refractivity contribution >= 4 is 5.69 Å². The smallest absolute Gasteiger partial charge is 0.119 e. The number of aryl methyl sites for hydroxylation is 1. The fourth-order valence-corrected chi connectivity index (χ4v) is 2.39. The zero-order valence-electron chi connectivity index (χ0n) is 13.4. The Bertz CT molecular complexity index is 560. The topological polar surface area (TPSA) is 21.3 Å². The molecule has 112 valence electrons. The molecule has 0 radical (unpaired) electrons. The van der Waals surface area contributed by atoms with Crippen molar-refractivity contribution in [3.63, 3.8) is 0 Å². The minimum Gasteiger partial charge on any atom is -0.491 e. The quantitative estimate of drug-likeness (QED) is 0.785. The van der Waals surface area contributed by atoms with Crippen LogP contribution in [0.2, 0.25) is 0 Å². The predicted molar refractivity (Wildman–Crippen MR) is 90.1 cm³/mol. The number of rotatable bonds is 6. The van der Waals surface area contributed by atoms with Gasteiger partial charge in [0.2, 0.25) is 0 Å². The summed E-state index contributed by atoms with van der Waals surface area (Å²) in [5.41, 5.74) is 3.83. The third kappa shape index (κ3) is 4.25. The van der Waals surface area contributed by atoms with Gasteiger partial charge in [-0.2, -0.15) is 0 Å². The third-order valence-corrected chi connectivity index (χ3v) is 3.52. The molecule has 2 rings (SSSR count). The number of para-hydroxylation sites is 1. The van der Waals surface area contributed by atoms with E-state index in [0.717, 1.165) is 12.2 Å². The lowest BCUT2D eigenvalue weighted by Gasteiger charge is -2.19. The lowest BCUT2D eigenvalue weighted by molar-refractivity contribution is 0.242. The van der Waals surface area contributed by atoms with Crippen molar-refractivity contribution < 1.29 is 4.74 Å². The van der Waals surface area contributed by atoms with Crippen LogP contribution in [0.3, 0.4) is 0 Å². The molecule has 0 spiro atoms. The summed E-state index contributed by atoms with van der Waals surface area (Å²) < 4.78 is 5.68. The van der Waals surface area contributed by atoms with Crippen molar-refractivity contribution in [3.05, 3.63) is 59.7 Å². The first-order valence-corrected chi connectivity index (χ1v) is 7.71. The highest BCUT2D eigenvalue weighted by atomic mass is 16.5. The lowest BCUT2D eigenvalue weighted by Crippen LogP contribution is -2.09. The van der Waals surface area contributed by atoms with Crippen LogP contribution in [0.25, 0.3) is 0 Å². The maximum absolute atomic E-state index is 5.68. The number of nitrogens with one attached hydrogen (secondary N) is 1. The molecule has 2 aromatic carbocycles. The maximum Gasteiger partial charge on any atom is 0.119 e. The standard InChI is InChI=1S/C19H25NO/c1-5-16-8-6-7-9-19(16)20-15(4)17-10-12-18(13-11-17)21-14(2)3/h6-15,20H,5H2,1-4H3. The largest absolute Gasteiger partial charge is 0.491 e. The van der Waals surface area contributed by atoms with Crippen LogP contribution < -0.4 is 10.1 Å². The fraction of sp³-hybridized carbons (Fsp3) is 0.368. The van der Waals surface area contributed by atoms with Gasteiger partial charge in [0, 0.05) is 11.7 Å². The molecule has 0 saturated carbocycles. The van der Waals surface area contributed by atoms with Gasteiger partial charge >= 0.3 is 0 Å². The molecule has 21 heavy (non-hydrogen) atoms. The van der Waals surface area contributed by atoms with Gasteiger partial charge in [-0.25, -0.2) is 0 Å². The van der Waals surface area contributed by atoms with Gasteiger partial charge in [-0.1, -0.05) is 37.3 Å². The molecule has 0 aromatic heterocycles. The first-order chi connectivity index (χ1) is 10.1. The Morgan fingerprint density at radius 2 is 1.62 bits per heavy atom. The summed E-state index contributed by atoms with van der Waals surface area (Å²) >= 11 is 0. The Balaban J connectivity index is 2.07. The summed E-state index contributed by atoms with van der Waals surface area (Å²) in [5, 5.41) is 3.60. The molecule has 1 N–H and O–H groups in total. The zero-order chi connectivity index (χ0) is 15.2. The number of benzene rings is 2. The van der Waals surface area contributed by atoms with Crippen LogP contribution in [0, 0.1) is 0 Å². The van der Waals surface area contributed by atoms with Gasteiger partial charge in [-0.05, 0) is 56.5 Å². The highest BCUT2D eigenvalue weighted by molar-refractivity contribution is 5.52. The van der Waals surface area contributed by atoms with Gasteiger partial charge in [-0.3, -0.25) is 0 Å². The van der Waals surface area contributed by atoms with Crippen LogP contribution in [0.5, 0.6) is 5.75 Å². The van der Waals surface area contributed by atoms with Crippen molar-refractivity contribution in [1.82, 2.24) is 0 Å². The molecule has 1 unspecified atom stereocenters. The first kappa shape index (κ1) is 15.4. The van der Waals surface area contributed by atoms with Crippen molar-refractivity contribution in [3.8, 4) is 5.75 Å². The number of anilines is 1. The van der Waals surface area contributed by atoms with Crippen LogP contribution in [0.1, 0.15) is 44.9 Å². The average Bonchev–Trinajstić information content (AvgIpc) is 2.48. The summed E-state index contributed by atoms with van der Waals surface area (Å²) in [6.45, 7) is 8.45. The van der Waals surface area contributed by atoms with Crippen LogP contribution in [-0.4, -0.2) is 6.10 Å². The molecule has 2 nitrogen and oxygen atoms in total. The average molecular weight is 283 g/mol. The van der Waals surface area contributed by atoms with E-state index < -0.39 is 0 Å². The van der Waals surface area contributed by atoms with Gasteiger partial charge in [-0.15, -0.1) is 0 Å². The minimum atomic E-state index is 0.211. The van der Waals surface area contributed by atoms with Crippen molar-refractivity contribution in [1.29, 1.82) is 0 Å². The van der Waals surface area contributed by atoms with E-state index in [1.807, 2.05) is 26.0 Å². The number of hydrogen-bond acceptors (Lipinski definition) is 2. The maximum atomic E-state index is 5.68. The normalized spacial score (nSPS) is 12.2. The van der Waals surface area contributed by atoms with Crippen LogP contribution >= 0.6 is 0 Å². The summed E-state index contributed by atoms with van der Waals surface area (Å²) in [7, 11) is 0. The first-order valence-electron chi connectivity index (χ1n) is 7.71. The molecule has 0 aliphatic carbocycles. The molecule has 0 heterocycles. The van der Waals surface area contributed by atoms with E-state index in [0.29, 0.717) is 0 Å². The Labute approximate surface area is 128 Å². The van der Waals surface area contributed by atoms with E-state index in [1.165, 1.54) is 16.8 Å². The molecule has 0 aliphatic heterocycles. The van der Waals surface area contributed by atoms with Crippen molar-refractivity contribution in [2.24, 2.45) is 0 Å². The number of hydrogen-bond donors (Lipinski definition) is 1. The van der Waals surface area contributed by atoms with Gasteiger partial charge in [0.15, 0.2) is 0 Å². The molecular weight excluding hydrogens is 258 g/mol. The highest BCUT2D eigenvalue weighted by Crippen LogP contribution is 2.24. The second-order valence-electron chi connectivity index (χ2n) is 5.61.